The van der Waals surface area contributed by atoms with Crippen molar-refractivity contribution in [2.45, 2.75) is 6.92 Å². The molecule has 0 amide bonds. The predicted molar refractivity (Wildman–Crippen MR) is 69.6 cm³/mol. The Kier molecular flexibility index (Phi) is 2.29. The normalized spacial score (nSPS) is 11.1. The van der Waals surface area contributed by atoms with E-state index in [1.165, 1.54) is 0 Å². The van der Waals surface area contributed by atoms with E-state index in [1.54, 1.807) is 11.3 Å². The number of halogens is 1. The molecule has 0 aliphatic heterocycles. The van der Waals surface area contributed by atoms with Crippen LogP contribution in [0.15, 0.2) is 28.1 Å². The van der Waals surface area contributed by atoms with Gasteiger partial charge in [-0.05, 0) is 47.1 Å². The first-order valence-corrected chi connectivity index (χ1v) is 6.42. The van der Waals surface area contributed by atoms with Crippen molar-refractivity contribution in [3.63, 3.8) is 0 Å². The Labute approximate surface area is 105 Å². The molecule has 0 spiro atoms. The van der Waals surface area contributed by atoms with E-state index in [4.69, 9.17) is 0 Å². The van der Waals surface area contributed by atoms with Gasteiger partial charge in [0, 0.05) is 5.69 Å². The second-order valence-corrected chi connectivity index (χ2v) is 5.98. The summed E-state index contributed by atoms with van der Waals surface area (Å²) in [5.74, 6) is 0.879. The molecule has 0 aromatic carbocycles. The van der Waals surface area contributed by atoms with Crippen molar-refractivity contribution in [2.24, 2.45) is 0 Å². The van der Waals surface area contributed by atoms with Gasteiger partial charge in [-0.2, -0.15) is 0 Å². The SMILES string of the molecule is Cc1ccc2[nH]c(-c3ccc(Br)s3)nc2n1. The van der Waals surface area contributed by atoms with E-state index >= 15 is 0 Å². The summed E-state index contributed by atoms with van der Waals surface area (Å²) in [7, 11) is 0. The monoisotopic (exact) mass is 293 g/mol. The van der Waals surface area contributed by atoms with E-state index in [2.05, 4.69) is 30.9 Å². The molecular weight excluding hydrogens is 286 g/mol. The Balaban J connectivity index is 2.18. The van der Waals surface area contributed by atoms with E-state index < -0.39 is 0 Å². The molecule has 3 aromatic rings. The zero-order chi connectivity index (χ0) is 11.1. The van der Waals surface area contributed by atoms with Crippen LogP contribution in [-0.4, -0.2) is 15.0 Å². The molecule has 0 aliphatic carbocycles. The Hall–Kier alpha value is -1.20. The predicted octanol–water partition coefficient (Wildman–Crippen LogP) is 3.76. The Morgan fingerprint density at radius 1 is 1.19 bits per heavy atom. The summed E-state index contributed by atoms with van der Waals surface area (Å²) in [6.07, 6.45) is 0. The van der Waals surface area contributed by atoms with Gasteiger partial charge >= 0.3 is 0 Å². The van der Waals surface area contributed by atoms with Crippen LogP contribution in [0, 0.1) is 6.92 Å². The van der Waals surface area contributed by atoms with Crippen LogP contribution in [0.5, 0.6) is 0 Å². The Bertz CT molecular complexity index is 656. The summed E-state index contributed by atoms with van der Waals surface area (Å²) < 4.78 is 1.10. The number of H-pyrrole nitrogens is 1. The van der Waals surface area contributed by atoms with Gasteiger partial charge in [-0.15, -0.1) is 11.3 Å². The summed E-state index contributed by atoms with van der Waals surface area (Å²) in [6.45, 7) is 1.97. The molecular formula is C11H8BrN3S. The Morgan fingerprint density at radius 2 is 2.06 bits per heavy atom. The van der Waals surface area contributed by atoms with Gasteiger partial charge < -0.3 is 4.98 Å². The Morgan fingerprint density at radius 3 is 2.81 bits per heavy atom. The molecule has 3 aromatic heterocycles. The van der Waals surface area contributed by atoms with Gasteiger partial charge in [0.15, 0.2) is 11.5 Å². The van der Waals surface area contributed by atoms with E-state index in [9.17, 15) is 0 Å². The van der Waals surface area contributed by atoms with Gasteiger partial charge in [0.25, 0.3) is 0 Å². The fourth-order valence-electron chi connectivity index (χ4n) is 1.55. The van der Waals surface area contributed by atoms with Crippen molar-refractivity contribution in [3.05, 3.63) is 33.7 Å². The maximum atomic E-state index is 4.48. The minimum absolute atomic E-state index is 0.777. The molecule has 0 aliphatic rings. The van der Waals surface area contributed by atoms with Crippen molar-refractivity contribution in [3.8, 4) is 10.7 Å². The number of hydrogen-bond acceptors (Lipinski definition) is 3. The summed E-state index contributed by atoms with van der Waals surface area (Å²) >= 11 is 5.10. The number of aromatic nitrogens is 3. The van der Waals surface area contributed by atoms with E-state index in [0.29, 0.717) is 0 Å². The molecule has 0 radical (unpaired) electrons. The highest BCUT2D eigenvalue weighted by atomic mass is 79.9. The number of rotatable bonds is 1. The highest BCUT2D eigenvalue weighted by Gasteiger charge is 2.08. The maximum Gasteiger partial charge on any atom is 0.178 e. The quantitative estimate of drug-likeness (QED) is 0.742. The van der Waals surface area contributed by atoms with Crippen LogP contribution in [0.25, 0.3) is 21.9 Å². The van der Waals surface area contributed by atoms with Crippen molar-refractivity contribution in [1.82, 2.24) is 15.0 Å². The fourth-order valence-corrected chi connectivity index (χ4v) is 2.88. The lowest BCUT2D eigenvalue weighted by Crippen LogP contribution is -1.80. The van der Waals surface area contributed by atoms with Gasteiger partial charge in [-0.1, -0.05) is 0 Å². The highest BCUT2D eigenvalue weighted by Crippen LogP contribution is 2.30. The molecule has 3 rings (SSSR count). The number of aromatic amines is 1. The molecule has 1 N–H and O–H groups in total. The van der Waals surface area contributed by atoms with Gasteiger partial charge in [0.2, 0.25) is 0 Å². The van der Waals surface area contributed by atoms with E-state index in [-0.39, 0.29) is 0 Å². The van der Waals surface area contributed by atoms with Crippen LogP contribution in [0.1, 0.15) is 5.69 Å². The van der Waals surface area contributed by atoms with Crippen molar-refractivity contribution >= 4 is 38.4 Å². The van der Waals surface area contributed by atoms with Gasteiger partial charge in [-0.25, -0.2) is 9.97 Å². The van der Waals surface area contributed by atoms with E-state index in [1.807, 2.05) is 31.2 Å². The maximum absolute atomic E-state index is 4.48. The van der Waals surface area contributed by atoms with Crippen molar-refractivity contribution in [2.75, 3.05) is 0 Å². The molecule has 3 nitrogen and oxygen atoms in total. The second kappa shape index (κ2) is 3.68. The van der Waals surface area contributed by atoms with Crippen LogP contribution in [0.4, 0.5) is 0 Å². The molecule has 0 unspecified atom stereocenters. The summed E-state index contributed by atoms with van der Waals surface area (Å²) in [6, 6.07) is 8.05. The van der Waals surface area contributed by atoms with Crippen LogP contribution in [0.2, 0.25) is 0 Å². The summed E-state index contributed by atoms with van der Waals surface area (Å²) in [4.78, 5) is 13.2. The number of pyridine rings is 1. The topological polar surface area (TPSA) is 41.6 Å². The fraction of sp³-hybridized carbons (Fsp3) is 0.0909. The molecule has 5 heteroatoms. The summed E-state index contributed by atoms with van der Waals surface area (Å²) in [5, 5.41) is 0. The van der Waals surface area contributed by atoms with Crippen molar-refractivity contribution < 1.29 is 0 Å². The van der Waals surface area contributed by atoms with Gasteiger partial charge in [0.05, 0.1) is 14.2 Å². The molecule has 0 atom stereocenters. The lowest BCUT2D eigenvalue weighted by atomic mass is 10.4. The third kappa shape index (κ3) is 1.66. The second-order valence-electron chi connectivity index (χ2n) is 3.51. The lowest BCUT2D eigenvalue weighted by molar-refractivity contribution is 1.22. The number of imidazole rings is 1. The molecule has 3 heterocycles. The summed E-state index contributed by atoms with van der Waals surface area (Å²) in [5.41, 5.74) is 2.74. The highest BCUT2D eigenvalue weighted by molar-refractivity contribution is 9.11. The molecule has 0 bridgehead atoms. The van der Waals surface area contributed by atoms with Crippen LogP contribution in [-0.2, 0) is 0 Å². The first-order valence-electron chi connectivity index (χ1n) is 4.81. The largest absolute Gasteiger partial charge is 0.336 e. The third-order valence-corrected chi connectivity index (χ3v) is 3.92. The van der Waals surface area contributed by atoms with E-state index in [0.717, 1.165) is 31.3 Å². The number of nitrogens with zero attached hydrogens (tertiary/aromatic N) is 2. The number of thiophene rings is 1. The zero-order valence-electron chi connectivity index (χ0n) is 8.49. The first-order chi connectivity index (χ1) is 7.72. The average molecular weight is 294 g/mol. The minimum Gasteiger partial charge on any atom is -0.336 e. The molecule has 0 saturated heterocycles. The molecule has 0 saturated carbocycles. The van der Waals surface area contributed by atoms with Gasteiger partial charge in [0.1, 0.15) is 0 Å². The molecule has 16 heavy (non-hydrogen) atoms. The number of hydrogen-bond donors (Lipinski definition) is 1. The molecule has 0 fully saturated rings. The number of fused-ring (bicyclic) bond motifs is 1. The van der Waals surface area contributed by atoms with Gasteiger partial charge in [-0.3, -0.25) is 0 Å². The minimum atomic E-state index is 0.777. The smallest absolute Gasteiger partial charge is 0.178 e. The molecule has 80 valence electrons. The zero-order valence-corrected chi connectivity index (χ0v) is 10.9. The van der Waals surface area contributed by atoms with Crippen LogP contribution >= 0.6 is 27.3 Å². The van der Waals surface area contributed by atoms with Crippen LogP contribution in [0.3, 0.4) is 0 Å². The number of nitrogens with one attached hydrogen (secondary N) is 1. The lowest BCUT2D eigenvalue weighted by Gasteiger charge is -1.88. The standard InChI is InChI=1S/C11H8BrN3S/c1-6-2-3-7-10(13-6)15-11(14-7)8-4-5-9(12)16-8/h2-5H,1H3,(H,13,14,15). The first kappa shape index (κ1) is 9.99. The average Bonchev–Trinajstić information content (AvgIpc) is 2.83. The van der Waals surface area contributed by atoms with Crippen molar-refractivity contribution in [1.29, 1.82) is 0 Å². The number of aryl methyl sites for hydroxylation is 1. The third-order valence-electron chi connectivity index (χ3n) is 2.29. The van der Waals surface area contributed by atoms with Crippen LogP contribution < -0.4 is 0 Å².